The molecule has 1 aromatic heterocycles. The molecule has 3 rings (SSSR count). The van der Waals surface area contributed by atoms with E-state index in [1.54, 1.807) is 42.5 Å². The van der Waals surface area contributed by atoms with Gasteiger partial charge < -0.3 is 14.8 Å². The standard InChI is InChI=1S/C21H19ClFN3O3/c1-14-12-17(6-7-18(14)22)29-13-20(27)24-10-11-28-21-9-8-19(25-26-21)15-2-4-16(23)5-3-15/h2-9,12H,10-11,13H2,1H3,(H,24,27). The Labute approximate surface area is 172 Å². The highest BCUT2D eigenvalue weighted by molar-refractivity contribution is 6.31. The van der Waals surface area contributed by atoms with Crippen molar-refractivity contribution in [3.05, 3.63) is 71.0 Å². The molecule has 0 fully saturated rings. The summed E-state index contributed by atoms with van der Waals surface area (Å²) in [5.74, 6) is 0.337. The summed E-state index contributed by atoms with van der Waals surface area (Å²) in [6, 6.07) is 14.6. The molecule has 0 aliphatic rings. The molecule has 0 saturated heterocycles. The molecular formula is C21H19ClFN3O3. The quantitative estimate of drug-likeness (QED) is 0.566. The molecule has 150 valence electrons. The highest BCUT2D eigenvalue weighted by atomic mass is 35.5. The number of nitrogens with one attached hydrogen (secondary N) is 1. The Hall–Kier alpha value is -3.19. The van der Waals surface area contributed by atoms with Crippen molar-refractivity contribution in [2.75, 3.05) is 19.8 Å². The van der Waals surface area contributed by atoms with Crippen LogP contribution in [0.4, 0.5) is 4.39 Å². The summed E-state index contributed by atoms with van der Waals surface area (Å²) in [5.41, 5.74) is 2.25. The van der Waals surface area contributed by atoms with Gasteiger partial charge in [-0.1, -0.05) is 11.6 Å². The average Bonchev–Trinajstić information content (AvgIpc) is 2.73. The van der Waals surface area contributed by atoms with Gasteiger partial charge in [0.2, 0.25) is 5.88 Å². The molecular weight excluding hydrogens is 397 g/mol. The van der Waals surface area contributed by atoms with E-state index in [-0.39, 0.29) is 24.9 Å². The van der Waals surface area contributed by atoms with Crippen LogP contribution in [-0.4, -0.2) is 35.9 Å². The van der Waals surface area contributed by atoms with E-state index in [1.165, 1.54) is 12.1 Å². The van der Waals surface area contributed by atoms with E-state index >= 15 is 0 Å². The van der Waals surface area contributed by atoms with Crippen LogP contribution in [0, 0.1) is 12.7 Å². The van der Waals surface area contributed by atoms with Gasteiger partial charge in [0.05, 0.1) is 12.2 Å². The number of rotatable bonds is 8. The van der Waals surface area contributed by atoms with Crippen LogP contribution in [0.5, 0.6) is 11.6 Å². The summed E-state index contributed by atoms with van der Waals surface area (Å²) in [6.45, 7) is 2.29. The first-order valence-corrected chi connectivity index (χ1v) is 9.27. The van der Waals surface area contributed by atoms with Crippen molar-refractivity contribution in [3.63, 3.8) is 0 Å². The fraction of sp³-hybridized carbons (Fsp3) is 0.190. The summed E-state index contributed by atoms with van der Waals surface area (Å²) in [4.78, 5) is 11.8. The van der Waals surface area contributed by atoms with Crippen molar-refractivity contribution in [1.82, 2.24) is 15.5 Å². The molecule has 0 bridgehead atoms. The second-order valence-electron chi connectivity index (χ2n) is 6.16. The Morgan fingerprint density at radius 2 is 1.86 bits per heavy atom. The van der Waals surface area contributed by atoms with Crippen LogP contribution in [0.2, 0.25) is 5.02 Å². The van der Waals surface area contributed by atoms with Gasteiger partial charge in [-0.15, -0.1) is 10.2 Å². The number of halogens is 2. The topological polar surface area (TPSA) is 73.3 Å². The second-order valence-corrected chi connectivity index (χ2v) is 6.57. The molecule has 8 heteroatoms. The number of carbonyl (C=O) groups excluding carboxylic acids is 1. The minimum atomic E-state index is -0.308. The molecule has 6 nitrogen and oxygen atoms in total. The molecule has 0 saturated carbocycles. The van der Waals surface area contributed by atoms with Crippen LogP contribution >= 0.6 is 11.6 Å². The van der Waals surface area contributed by atoms with Crippen LogP contribution < -0.4 is 14.8 Å². The van der Waals surface area contributed by atoms with Crippen molar-refractivity contribution in [1.29, 1.82) is 0 Å². The first-order chi connectivity index (χ1) is 14.0. The van der Waals surface area contributed by atoms with E-state index in [1.807, 2.05) is 6.92 Å². The van der Waals surface area contributed by atoms with Crippen molar-refractivity contribution in [2.45, 2.75) is 6.92 Å². The lowest BCUT2D eigenvalue weighted by Gasteiger charge is -2.09. The smallest absolute Gasteiger partial charge is 0.258 e. The normalized spacial score (nSPS) is 10.4. The molecule has 0 radical (unpaired) electrons. The van der Waals surface area contributed by atoms with Crippen LogP contribution in [0.15, 0.2) is 54.6 Å². The van der Waals surface area contributed by atoms with Crippen molar-refractivity contribution in [2.24, 2.45) is 0 Å². The Kier molecular flexibility index (Phi) is 6.97. The predicted molar refractivity (Wildman–Crippen MR) is 108 cm³/mol. The third kappa shape index (κ3) is 6.15. The highest BCUT2D eigenvalue weighted by Crippen LogP contribution is 2.21. The highest BCUT2D eigenvalue weighted by Gasteiger charge is 2.05. The Morgan fingerprint density at radius 3 is 2.55 bits per heavy atom. The van der Waals surface area contributed by atoms with Crippen LogP contribution in [0.1, 0.15) is 5.56 Å². The van der Waals surface area contributed by atoms with Crippen LogP contribution in [0.3, 0.4) is 0 Å². The van der Waals surface area contributed by atoms with Gasteiger partial charge in [-0.3, -0.25) is 4.79 Å². The Balaban J connectivity index is 1.38. The molecule has 0 atom stereocenters. The maximum atomic E-state index is 13.0. The third-order valence-electron chi connectivity index (χ3n) is 3.95. The van der Waals surface area contributed by atoms with Gasteiger partial charge in [0.15, 0.2) is 6.61 Å². The number of hydrogen-bond acceptors (Lipinski definition) is 5. The molecule has 1 N–H and O–H groups in total. The molecule has 0 aliphatic heterocycles. The first kappa shape index (κ1) is 20.5. The molecule has 3 aromatic rings. The summed E-state index contributed by atoms with van der Waals surface area (Å²) in [5, 5.41) is 11.4. The molecule has 1 amide bonds. The number of ether oxygens (including phenoxy) is 2. The molecule has 0 unspecified atom stereocenters. The average molecular weight is 416 g/mol. The summed E-state index contributed by atoms with van der Waals surface area (Å²) < 4.78 is 23.8. The number of aryl methyl sites for hydroxylation is 1. The van der Waals surface area contributed by atoms with E-state index in [0.29, 0.717) is 28.9 Å². The van der Waals surface area contributed by atoms with Gasteiger partial charge in [0.25, 0.3) is 5.91 Å². The SMILES string of the molecule is Cc1cc(OCC(=O)NCCOc2ccc(-c3ccc(F)cc3)nn2)ccc1Cl. The lowest BCUT2D eigenvalue weighted by atomic mass is 10.1. The van der Waals surface area contributed by atoms with Crippen molar-refractivity contribution >= 4 is 17.5 Å². The van der Waals surface area contributed by atoms with E-state index in [2.05, 4.69) is 15.5 Å². The number of carbonyl (C=O) groups is 1. The fourth-order valence-electron chi connectivity index (χ4n) is 2.42. The summed E-state index contributed by atoms with van der Waals surface area (Å²) >= 11 is 5.95. The van der Waals surface area contributed by atoms with E-state index in [4.69, 9.17) is 21.1 Å². The van der Waals surface area contributed by atoms with Gasteiger partial charge in [-0.2, -0.15) is 0 Å². The third-order valence-corrected chi connectivity index (χ3v) is 4.38. The molecule has 1 heterocycles. The number of aromatic nitrogens is 2. The molecule has 0 spiro atoms. The number of nitrogens with zero attached hydrogens (tertiary/aromatic N) is 2. The van der Waals surface area contributed by atoms with Crippen LogP contribution in [-0.2, 0) is 4.79 Å². The monoisotopic (exact) mass is 415 g/mol. The van der Waals surface area contributed by atoms with E-state index in [9.17, 15) is 9.18 Å². The van der Waals surface area contributed by atoms with Crippen molar-refractivity contribution in [3.8, 4) is 22.9 Å². The largest absolute Gasteiger partial charge is 0.484 e. The van der Waals surface area contributed by atoms with Gasteiger partial charge in [0.1, 0.15) is 18.2 Å². The number of amides is 1. The molecule has 0 aliphatic carbocycles. The van der Waals surface area contributed by atoms with E-state index < -0.39 is 0 Å². The van der Waals surface area contributed by atoms with Gasteiger partial charge in [-0.05, 0) is 61.0 Å². The molecule has 29 heavy (non-hydrogen) atoms. The minimum absolute atomic E-state index is 0.104. The lowest BCUT2D eigenvalue weighted by Crippen LogP contribution is -2.32. The minimum Gasteiger partial charge on any atom is -0.484 e. The number of hydrogen-bond donors (Lipinski definition) is 1. The predicted octanol–water partition coefficient (Wildman–Crippen LogP) is 3.82. The zero-order valence-corrected chi connectivity index (χ0v) is 16.4. The van der Waals surface area contributed by atoms with E-state index in [0.717, 1.165) is 11.1 Å². The Bertz CT molecular complexity index is 966. The maximum Gasteiger partial charge on any atom is 0.258 e. The number of benzene rings is 2. The first-order valence-electron chi connectivity index (χ1n) is 8.89. The summed E-state index contributed by atoms with van der Waals surface area (Å²) in [6.07, 6.45) is 0. The van der Waals surface area contributed by atoms with Gasteiger partial charge in [0, 0.05) is 16.7 Å². The Morgan fingerprint density at radius 1 is 1.07 bits per heavy atom. The van der Waals surface area contributed by atoms with Crippen LogP contribution in [0.25, 0.3) is 11.3 Å². The molecule has 2 aromatic carbocycles. The zero-order valence-electron chi connectivity index (χ0n) is 15.7. The lowest BCUT2D eigenvalue weighted by molar-refractivity contribution is -0.123. The van der Waals surface area contributed by atoms with Gasteiger partial charge >= 0.3 is 0 Å². The van der Waals surface area contributed by atoms with Gasteiger partial charge in [-0.25, -0.2) is 4.39 Å². The fourth-order valence-corrected chi connectivity index (χ4v) is 2.54. The van der Waals surface area contributed by atoms with Crippen molar-refractivity contribution < 1.29 is 18.7 Å². The maximum absolute atomic E-state index is 13.0. The second kappa shape index (κ2) is 9.84. The summed E-state index contributed by atoms with van der Waals surface area (Å²) in [7, 11) is 0. The zero-order chi connectivity index (χ0) is 20.6.